The van der Waals surface area contributed by atoms with Crippen molar-refractivity contribution in [1.82, 2.24) is 0 Å². The van der Waals surface area contributed by atoms with Crippen molar-refractivity contribution in [2.45, 2.75) is 57.8 Å². The minimum absolute atomic E-state index is 0.0409. The molecule has 0 saturated heterocycles. The lowest BCUT2D eigenvalue weighted by atomic mass is 10.1. The Labute approximate surface area is 131 Å². The number of hydrogen-bond donors (Lipinski definition) is 0. The van der Waals surface area contributed by atoms with Crippen LogP contribution in [0.25, 0.3) is 0 Å². The number of esters is 2. The molecule has 0 aromatic carbocycles. The summed E-state index contributed by atoms with van der Waals surface area (Å²) in [6.07, 6.45) is 6.89. The van der Waals surface area contributed by atoms with Crippen molar-refractivity contribution in [1.29, 1.82) is 0 Å². The van der Waals surface area contributed by atoms with Gasteiger partial charge in [-0.05, 0) is 25.0 Å². The van der Waals surface area contributed by atoms with Gasteiger partial charge in [-0.2, -0.15) is 0 Å². The minimum atomic E-state index is -0.554. The molecule has 2 aliphatic rings. The molecule has 0 N–H and O–H groups in total. The molecule has 0 aromatic rings. The fourth-order valence-electron chi connectivity index (χ4n) is 2.64. The fourth-order valence-corrected chi connectivity index (χ4v) is 2.64. The first kappa shape index (κ1) is 16.6. The third kappa shape index (κ3) is 5.19. The summed E-state index contributed by atoms with van der Waals surface area (Å²) < 4.78 is 15.9. The van der Waals surface area contributed by atoms with Crippen LogP contribution in [0.15, 0.2) is 12.2 Å². The van der Waals surface area contributed by atoms with Gasteiger partial charge in [-0.1, -0.05) is 24.7 Å². The Morgan fingerprint density at radius 2 is 1.86 bits per heavy atom. The molecule has 1 heterocycles. The topological polar surface area (TPSA) is 61.8 Å². The van der Waals surface area contributed by atoms with Gasteiger partial charge in [0.2, 0.25) is 0 Å². The number of hydrogen-bond acceptors (Lipinski definition) is 5. The normalized spacial score (nSPS) is 27.8. The van der Waals surface area contributed by atoms with Crippen molar-refractivity contribution in [2.24, 2.45) is 5.92 Å². The average Bonchev–Trinajstić information content (AvgIpc) is 2.97. The Morgan fingerprint density at radius 1 is 1.14 bits per heavy atom. The first-order chi connectivity index (χ1) is 10.5. The van der Waals surface area contributed by atoms with Gasteiger partial charge in [0.1, 0.15) is 24.9 Å². The van der Waals surface area contributed by atoms with Gasteiger partial charge in [0.05, 0.1) is 0 Å². The Morgan fingerprint density at radius 3 is 2.50 bits per heavy atom. The largest absolute Gasteiger partial charge is 0.463 e. The molecule has 1 aliphatic carbocycles. The van der Waals surface area contributed by atoms with E-state index in [1.165, 1.54) is 26.7 Å². The average molecular weight is 306 g/mol. The molecule has 1 saturated carbocycles. The van der Waals surface area contributed by atoms with Gasteiger partial charge in [-0.25, -0.2) is 0 Å². The smallest absolute Gasteiger partial charge is 0.303 e. The Hall–Kier alpha value is -1.80. The second-order valence-corrected chi connectivity index (χ2v) is 5.63. The highest BCUT2D eigenvalue weighted by Crippen LogP contribution is 2.24. The van der Waals surface area contributed by atoms with E-state index in [1.54, 1.807) is 12.2 Å². The molecule has 3 atom stereocenters. The van der Waals surface area contributed by atoms with Crippen LogP contribution in [0.3, 0.4) is 0 Å². The summed E-state index contributed by atoms with van der Waals surface area (Å²) >= 11 is 0. The lowest BCUT2D eigenvalue weighted by molar-refractivity contribution is -0.161. The van der Waals surface area contributed by atoms with E-state index in [0.717, 1.165) is 12.8 Å². The molecule has 0 unspecified atom stereocenters. The van der Waals surface area contributed by atoms with Crippen LogP contribution in [-0.2, 0) is 23.8 Å². The van der Waals surface area contributed by atoms with Crippen LogP contribution < -0.4 is 0 Å². The molecule has 0 amide bonds. The van der Waals surface area contributed by atoms with Gasteiger partial charge in [0.25, 0.3) is 0 Å². The van der Waals surface area contributed by atoms with Crippen LogP contribution in [0, 0.1) is 17.8 Å². The molecule has 5 nitrogen and oxygen atoms in total. The number of carbonyl (C=O) groups is 2. The Bertz CT molecular complexity index is 493. The van der Waals surface area contributed by atoms with Crippen molar-refractivity contribution < 1.29 is 23.8 Å². The summed E-state index contributed by atoms with van der Waals surface area (Å²) in [5.41, 5.74) is 0. The molecule has 120 valence electrons. The van der Waals surface area contributed by atoms with E-state index in [4.69, 9.17) is 14.2 Å². The molecular weight excluding hydrogens is 284 g/mol. The van der Waals surface area contributed by atoms with Gasteiger partial charge in [-0.15, -0.1) is 0 Å². The molecule has 0 spiro atoms. The van der Waals surface area contributed by atoms with Gasteiger partial charge in [0.15, 0.2) is 0 Å². The van der Waals surface area contributed by atoms with E-state index in [9.17, 15) is 9.59 Å². The first-order valence-corrected chi connectivity index (χ1v) is 7.70. The molecule has 1 aliphatic heterocycles. The molecule has 0 bridgehead atoms. The maximum Gasteiger partial charge on any atom is 0.303 e. The van der Waals surface area contributed by atoms with E-state index in [1.807, 2.05) is 0 Å². The van der Waals surface area contributed by atoms with Crippen LogP contribution in [0.5, 0.6) is 0 Å². The molecular formula is C17H22O5. The van der Waals surface area contributed by atoms with Gasteiger partial charge < -0.3 is 14.2 Å². The molecule has 2 rings (SSSR count). The van der Waals surface area contributed by atoms with Gasteiger partial charge in [-0.3, -0.25) is 9.59 Å². The van der Waals surface area contributed by atoms with Crippen molar-refractivity contribution in [3.8, 4) is 11.8 Å². The Kier molecular flexibility index (Phi) is 6.02. The van der Waals surface area contributed by atoms with Crippen LogP contribution in [0.2, 0.25) is 0 Å². The van der Waals surface area contributed by atoms with Crippen molar-refractivity contribution >= 4 is 11.9 Å². The lowest BCUT2D eigenvalue weighted by Gasteiger charge is -2.29. The number of ether oxygens (including phenoxy) is 3. The number of carbonyl (C=O) groups excluding carboxylic acids is 2. The third-order valence-corrected chi connectivity index (χ3v) is 3.70. The molecule has 1 fully saturated rings. The highest BCUT2D eigenvalue weighted by molar-refractivity contribution is 5.66. The van der Waals surface area contributed by atoms with Crippen LogP contribution >= 0.6 is 0 Å². The summed E-state index contributed by atoms with van der Waals surface area (Å²) in [5.74, 6) is 6.02. The van der Waals surface area contributed by atoms with Crippen LogP contribution in [0.4, 0.5) is 0 Å². The molecule has 5 heteroatoms. The quantitative estimate of drug-likeness (QED) is 0.453. The highest BCUT2D eigenvalue weighted by atomic mass is 16.6. The van der Waals surface area contributed by atoms with Crippen molar-refractivity contribution in [3.05, 3.63) is 12.2 Å². The second-order valence-electron chi connectivity index (χ2n) is 5.63. The van der Waals surface area contributed by atoms with Gasteiger partial charge in [0, 0.05) is 19.8 Å². The summed E-state index contributed by atoms with van der Waals surface area (Å²) in [7, 11) is 0. The van der Waals surface area contributed by atoms with Crippen LogP contribution in [-0.4, -0.2) is 36.9 Å². The summed E-state index contributed by atoms with van der Waals surface area (Å²) in [6, 6.07) is 0. The predicted molar refractivity (Wildman–Crippen MR) is 79.7 cm³/mol. The maximum absolute atomic E-state index is 11.1. The SMILES string of the molecule is CC(=O)OC[C@H]1O[C@H](C#CC2CCCC2)C=C[C@H]1OC(C)=O. The molecule has 22 heavy (non-hydrogen) atoms. The summed E-state index contributed by atoms with van der Waals surface area (Å²) in [4.78, 5) is 22.1. The van der Waals surface area contributed by atoms with E-state index in [-0.39, 0.29) is 12.7 Å². The monoisotopic (exact) mass is 306 g/mol. The molecule has 0 aromatic heterocycles. The van der Waals surface area contributed by atoms with E-state index >= 15 is 0 Å². The maximum atomic E-state index is 11.1. The summed E-state index contributed by atoms with van der Waals surface area (Å²) in [5, 5.41) is 0. The van der Waals surface area contributed by atoms with Crippen molar-refractivity contribution in [3.63, 3.8) is 0 Å². The second kappa shape index (κ2) is 8.00. The van der Waals surface area contributed by atoms with Crippen molar-refractivity contribution in [2.75, 3.05) is 6.61 Å². The third-order valence-electron chi connectivity index (χ3n) is 3.70. The fraction of sp³-hybridized carbons (Fsp3) is 0.647. The summed E-state index contributed by atoms with van der Waals surface area (Å²) in [6.45, 7) is 2.71. The highest BCUT2D eigenvalue weighted by Gasteiger charge is 2.30. The minimum Gasteiger partial charge on any atom is -0.463 e. The van der Waals surface area contributed by atoms with E-state index < -0.39 is 24.1 Å². The number of rotatable bonds is 3. The van der Waals surface area contributed by atoms with E-state index in [2.05, 4.69) is 11.8 Å². The zero-order valence-electron chi connectivity index (χ0n) is 13.0. The zero-order valence-corrected chi connectivity index (χ0v) is 13.0. The van der Waals surface area contributed by atoms with Gasteiger partial charge >= 0.3 is 11.9 Å². The van der Waals surface area contributed by atoms with Crippen LogP contribution in [0.1, 0.15) is 39.5 Å². The lowest BCUT2D eigenvalue weighted by Crippen LogP contribution is -2.41. The Balaban J connectivity index is 1.98. The zero-order chi connectivity index (χ0) is 15.9. The first-order valence-electron chi connectivity index (χ1n) is 7.70. The predicted octanol–water partition coefficient (Wildman–Crippen LogP) is 2.00. The molecule has 0 radical (unpaired) electrons. The standard InChI is InChI=1S/C17H22O5/c1-12(18)20-11-17-16(21-13(2)19)10-9-15(22-17)8-7-14-5-3-4-6-14/h9-10,14-17H,3-6,11H2,1-2H3/t15-,16-,17-/m1/s1. The van der Waals surface area contributed by atoms with E-state index in [0.29, 0.717) is 5.92 Å².